The number of rotatable bonds is 7. The van der Waals surface area contributed by atoms with Gasteiger partial charge in [0, 0.05) is 24.1 Å². The minimum absolute atomic E-state index is 0.0828. The van der Waals surface area contributed by atoms with Crippen molar-refractivity contribution in [3.8, 4) is 5.75 Å². The molecule has 0 saturated carbocycles. The monoisotopic (exact) mass is 494 g/mol. The second kappa shape index (κ2) is 9.29. The van der Waals surface area contributed by atoms with E-state index in [0.29, 0.717) is 16.7 Å². The van der Waals surface area contributed by atoms with Crippen molar-refractivity contribution in [3.05, 3.63) is 53.1 Å². The summed E-state index contributed by atoms with van der Waals surface area (Å²) in [6.45, 7) is 4.98. The minimum atomic E-state index is -3.85. The van der Waals surface area contributed by atoms with Crippen molar-refractivity contribution in [1.82, 2.24) is 9.97 Å². The number of amides is 1. The Kier molecular flexibility index (Phi) is 6.94. The maximum absolute atomic E-state index is 15.2. The van der Waals surface area contributed by atoms with Crippen LogP contribution in [0.3, 0.4) is 0 Å². The van der Waals surface area contributed by atoms with Gasteiger partial charge in [0.25, 0.3) is 0 Å². The molecule has 1 heterocycles. The molecule has 7 nitrogen and oxygen atoms in total. The third kappa shape index (κ3) is 4.86. The largest absolute Gasteiger partial charge is 0.494 e. The number of methoxy groups -OCH3 is 1. The molecule has 1 aromatic heterocycles. The van der Waals surface area contributed by atoms with E-state index >= 15 is 4.39 Å². The average molecular weight is 494 g/mol. The van der Waals surface area contributed by atoms with Crippen LogP contribution in [0.2, 0.25) is 0 Å². The topological polar surface area (TPSA) is 87.6 Å². The fourth-order valence-electron chi connectivity index (χ4n) is 3.63. The Morgan fingerprint density at radius 2 is 1.89 bits per heavy atom. The van der Waals surface area contributed by atoms with Crippen LogP contribution in [-0.2, 0) is 5.92 Å². The smallest absolute Gasteiger partial charge is 0.404 e. The number of fused-ring (bicyclic) bond motifs is 1. The van der Waals surface area contributed by atoms with Crippen molar-refractivity contribution in [2.45, 2.75) is 45.3 Å². The SMILES string of the molecule is COc1cc2nc(C)nc(N[C@H](C)c3cccc(C(F)(F)C(C)(C)O)c3F)c2cc1N(C)C(=O)F. The first-order valence-corrected chi connectivity index (χ1v) is 10.6. The lowest BCUT2D eigenvalue weighted by molar-refractivity contribution is -0.170. The highest BCUT2D eigenvalue weighted by Crippen LogP contribution is 2.42. The molecular formula is C24H26F4N4O3. The van der Waals surface area contributed by atoms with E-state index in [2.05, 4.69) is 15.3 Å². The number of alkyl halides is 2. The first-order chi connectivity index (χ1) is 16.2. The van der Waals surface area contributed by atoms with Crippen LogP contribution in [0.5, 0.6) is 5.75 Å². The van der Waals surface area contributed by atoms with Gasteiger partial charge in [-0.15, -0.1) is 4.39 Å². The van der Waals surface area contributed by atoms with Crippen molar-refractivity contribution in [2.75, 3.05) is 24.4 Å². The summed E-state index contributed by atoms with van der Waals surface area (Å²) < 4.78 is 63.3. The summed E-state index contributed by atoms with van der Waals surface area (Å²) in [5.74, 6) is -4.27. The van der Waals surface area contributed by atoms with E-state index in [9.17, 15) is 23.1 Å². The zero-order valence-corrected chi connectivity index (χ0v) is 20.1. The van der Waals surface area contributed by atoms with Crippen LogP contribution >= 0.6 is 0 Å². The number of aliphatic hydroxyl groups is 1. The van der Waals surface area contributed by atoms with E-state index in [1.54, 1.807) is 13.8 Å². The van der Waals surface area contributed by atoms with Crippen LogP contribution < -0.4 is 15.0 Å². The van der Waals surface area contributed by atoms with Gasteiger partial charge in [0.1, 0.15) is 28.8 Å². The number of hydrogen-bond donors (Lipinski definition) is 2. The number of nitrogens with one attached hydrogen (secondary N) is 1. The fraction of sp³-hybridized carbons (Fsp3) is 0.375. The molecule has 2 aromatic carbocycles. The van der Waals surface area contributed by atoms with Crippen LogP contribution in [0.4, 0.5) is 33.9 Å². The number of hydrogen-bond acceptors (Lipinski definition) is 6. The molecule has 35 heavy (non-hydrogen) atoms. The van der Waals surface area contributed by atoms with Crippen LogP contribution in [0.15, 0.2) is 30.3 Å². The number of carbonyl (C=O) groups is 1. The average Bonchev–Trinajstić information content (AvgIpc) is 2.76. The van der Waals surface area contributed by atoms with E-state index in [1.807, 2.05) is 0 Å². The molecule has 11 heteroatoms. The quantitative estimate of drug-likeness (QED) is 0.251. The minimum Gasteiger partial charge on any atom is -0.494 e. The molecule has 0 aliphatic heterocycles. The molecule has 0 saturated heterocycles. The maximum Gasteiger partial charge on any atom is 0.404 e. The zero-order valence-electron chi connectivity index (χ0n) is 20.1. The lowest BCUT2D eigenvalue weighted by Gasteiger charge is -2.30. The number of nitrogens with zero attached hydrogens (tertiary/aromatic N) is 3. The first-order valence-electron chi connectivity index (χ1n) is 10.6. The highest BCUT2D eigenvalue weighted by atomic mass is 19.3. The van der Waals surface area contributed by atoms with E-state index in [-0.39, 0.29) is 22.8 Å². The van der Waals surface area contributed by atoms with Gasteiger partial charge in [-0.25, -0.2) is 19.2 Å². The summed E-state index contributed by atoms with van der Waals surface area (Å²) in [5.41, 5.74) is -3.00. The molecule has 1 amide bonds. The molecule has 0 aliphatic rings. The summed E-state index contributed by atoms with van der Waals surface area (Å²) in [4.78, 5) is 20.7. The van der Waals surface area contributed by atoms with Crippen LogP contribution in [-0.4, -0.2) is 41.0 Å². The van der Waals surface area contributed by atoms with Gasteiger partial charge < -0.3 is 15.2 Å². The van der Waals surface area contributed by atoms with Gasteiger partial charge in [-0.1, -0.05) is 12.1 Å². The van der Waals surface area contributed by atoms with Gasteiger partial charge in [0.2, 0.25) is 0 Å². The number of aromatic nitrogens is 2. The predicted octanol–water partition coefficient (Wildman–Crippen LogP) is 5.65. The Balaban J connectivity index is 2.11. The van der Waals surface area contributed by atoms with Gasteiger partial charge >= 0.3 is 12.1 Å². The third-order valence-corrected chi connectivity index (χ3v) is 5.69. The van der Waals surface area contributed by atoms with Crippen LogP contribution in [0.1, 0.15) is 43.8 Å². The third-order valence-electron chi connectivity index (χ3n) is 5.69. The molecule has 1 atom stereocenters. The van der Waals surface area contributed by atoms with E-state index in [1.165, 1.54) is 38.4 Å². The van der Waals surface area contributed by atoms with Gasteiger partial charge in [-0.3, -0.25) is 4.90 Å². The van der Waals surface area contributed by atoms with Crippen molar-refractivity contribution in [2.24, 2.45) is 0 Å². The molecule has 188 valence electrons. The second-order valence-corrected chi connectivity index (χ2v) is 8.68. The standard InChI is InChI=1S/C24H26F4N4O3/c1-12(14-8-7-9-16(20(14)25)24(27,28)23(3,4)34)29-21-15-10-18(32(5)22(26)33)19(35-6)11-17(15)30-13(2)31-21/h7-12,34H,1-6H3,(H,29,30,31)/t12-/m1/s1. The molecule has 3 rings (SSSR count). The highest BCUT2D eigenvalue weighted by molar-refractivity contribution is 5.98. The van der Waals surface area contributed by atoms with Crippen LogP contribution in [0.25, 0.3) is 10.9 Å². The van der Waals surface area contributed by atoms with Crippen LogP contribution in [0, 0.1) is 12.7 Å². The molecule has 3 aromatic rings. The molecule has 0 fully saturated rings. The Hall–Kier alpha value is -3.47. The summed E-state index contributed by atoms with van der Waals surface area (Å²) >= 11 is 0. The Labute approximate surface area is 199 Å². The second-order valence-electron chi connectivity index (χ2n) is 8.68. The van der Waals surface area contributed by atoms with Crippen molar-refractivity contribution >= 4 is 28.6 Å². The molecule has 0 unspecified atom stereocenters. The van der Waals surface area contributed by atoms with E-state index < -0.39 is 35.1 Å². The Bertz CT molecular complexity index is 1280. The van der Waals surface area contributed by atoms with Crippen molar-refractivity contribution < 1.29 is 32.2 Å². The maximum atomic E-state index is 15.2. The molecule has 0 spiro atoms. The molecular weight excluding hydrogens is 468 g/mol. The van der Waals surface area contributed by atoms with E-state index in [0.717, 1.165) is 24.8 Å². The summed E-state index contributed by atoms with van der Waals surface area (Å²) in [7, 11) is 2.58. The predicted molar refractivity (Wildman–Crippen MR) is 124 cm³/mol. The zero-order chi connectivity index (χ0) is 26.3. The number of benzene rings is 2. The lowest BCUT2D eigenvalue weighted by atomic mass is 9.91. The molecule has 2 N–H and O–H groups in total. The first kappa shape index (κ1) is 26.1. The number of carbonyl (C=O) groups excluding carboxylic acids is 1. The fourth-order valence-corrected chi connectivity index (χ4v) is 3.63. The summed E-state index contributed by atoms with van der Waals surface area (Å²) in [6.07, 6.45) is -1.72. The number of ether oxygens (including phenoxy) is 1. The van der Waals surface area contributed by atoms with Gasteiger partial charge in [-0.05, 0) is 39.8 Å². The molecule has 0 bridgehead atoms. The molecule has 0 radical (unpaired) electrons. The number of halogens is 4. The van der Waals surface area contributed by atoms with Gasteiger partial charge in [-0.2, -0.15) is 8.78 Å². The Morgan fingerprint density at radius 3 is 2.46 bits per heavy atom. The number of anilines is 2. The Morgan fingerprint density at radius 1 is 1.23 bits per heavy atom. The van der Waals surface area contributed by atoms with Crippen molar-refractivity contribution in [3.63, 3.8) is 0 Å². The highest BCUT2D eigenvalue weighted by Gasteiger charge is 2.49. The van der Waals surface area contributed by atoms with E-state index in [4.69, 9.17) is 4.74 Å². The normalized spacial score (nSPS) is 13.0. The van der Waals surface area contributed by atoms with Crippen molar-refractivity contribution in [1.29, 1.82) is 0 Å². The van der Waals surface area contributed by atoms with Gasteiger partial charge in [0.05, 0.1) is 29.9 Å². The lowest BCUT2D eigenvalue weighted by Crippen LogP contribution is -2.41. The number of aryl methyl sites for hydroxylation is 1. The molecule has 0 aliphatic carbocycles. The summed E-state index contributed by atoms with van der Waals surface area (Å²) in [5, 5.41) is 13.2. The summed E-state index contributed by atoms with van der Waals surface area (Å²) in [6, 6.07) is 5.64. The van der Waals surface area contributed by atoms with Gasteiger partial charge in [0.15, 0.2) is 0 Å².